The van der Waals surface area contributed by atoms with Crippen LogP contribution >= 0.6 is 0 Å². The first kappa shape index (κ1) is 69.1. The lowest BCUT2D eigenvalue weighted by atomic mass is 9.95. The molecule has 0 radical (unpaired) electrons. The van der Waals surface area contributed by atoms with Crippen LogP contribution in [-0.4, -0.2) is 178 Å². The second-order valence-corrected chi connectivity index (χ2v) is 19.8. The SMILES string of the molecule is CC[C@H](C)[C@H](NC(=O)[C@@H](CCCNC(=N)N)NC(=O)[C@@H](NC(=O)C(NC(=O)[C@@H](NC(=O)OCc1ccccc1)[C@H](N)c1ccccc1)[C@H](O)C(C)C)C(C)C)C(=O)N[C@H](C(=O)NCC(=O)N[C@@H](CO)C(=O)N[C@@H](CO)C(=O)O)[C@H](C)O. The molecule has 0 aliphatic heterocycles. The molecular weight excluding hydrogens is 1060 g/mol. The largest absolute Gasteiger partial charge is 0.480 e. The predicted molar refractivity (Wildman–Crippen MR) is 291 cm³/mol. The lowest BCUT2D eigenvalue weighted by molar-refractivity contribution is -0.143. The van der Waals surface area contributed by atoms with Crippen LogP contribution in [0.1, 0.15) is 84.9 Å². The number of amides is 9. The molecular formula is C52H81N13O16. The third kappa shape index (κ3) is 23.3. The van der Waals surface area contributed by atoms with Gasteiger partial charge < -0.3 is 94.9 Å². The Kier molecular flexibility index (Phi) is 29.8. The van der Waals surface area contributed by atoms with Gasteiger partial charge in [0, 0.05) is 6.54 Å². The van der Waals surface area contributed by atoms with Gasteiger partial charge in [0.15, 0.2) is 5.96 Å². The number of aliphatic carboxylic acids is 1. The number of carbonyl (C=O) groups is 10. The van der Waals surface area contributed by atoms with Gasteiger partial charge >= 0.3 is 12.1 Å². The van der Waals surface area contributed by atoms with Crippen LogP contribution in [0.25, 0.3) is 0 Å². The van der Waals surface area contributed by atoms with Crippen molar-refractivity contribution in [1.29, 1.82) is 5.41 Å². The summed E-state index contributed by atoms with van der Waals surface area (Å²) in [6.45, 7) is 7.67. The number of hydrogen-bond acceptors (Lipinski definition) is 17. The average molecular weight is 1140 g/mol. The van der Waals surface area contributed by atoms with Gasteiger partial charge in [0.1, 0.15) is 54.9 Å². The number of benzene rings is 2. The highest BCUT2D eigenvalue weighted by atomic mass is 16.5. The number of carboxylic acids is 1. The van der Waals surface area contributed by atoms with E-state index in [-0.39, 0.29) is 32.4 Å². The van der Waals surface area contributed by atoms with Gasteiger partial charge in [0.25, 0.3) is 0 Å². The monoisotopic (exact) mass is 1140 g/mol. The van der Waals surface area contributed by atoms with Crippen molar-refractivity contribution in [3.63, 3.8) is 0 Å². The lowest BCUT2D eigenvalue weighted by Gasteiger charge is -2.32. The number of carbonyl (C=O) groups excluding carboxylic acids is 9. The van der Waals surface area contributed by atoms with Crippen molar-refractivity contribution in [2.75, 3.05) is 26.3 Å². The molecule has 29 nitrogen and oxygen atoms in total. The fourth-order valence-corrected chi connectivity index (χ4v) is 7.63. The van der Waals surface area contributed by atoms with Gasteiger partial charge in [0.05, 0.1) is 38.0 Å². The van der Waals surface area contributed by atoms with Crippen molar-refractivity contribution in [2.45, 2.75) is 141 Å². The van der Waals surface area contributed by atoms with E-state index in [1.165, 1.54) is 0 Å². The lowest BCUT2D eigenvalue weighted by Crippen LogP contribution is -2.64. The Morgan fingerprint density at radius 1 is 0.580 bits per heavy atom. The first-order valence-electron chi connectivity index (χ1n) is 26.2. The second kappa shape index (κ2) is 34.9. The molecule has 9 amide bonds. The van der Waals surface area contributed by atoms with Crippen LogP contribution in [-0.2, 0) is 54.5 Å². The molecule has 12 atom stereocenters. The molecule has 1 unspecified atom stereocenters. The first-order valence-corrected chi connectivity index (χ1v) is 26.2. The Hall–Kier alpha value is -7.99. The topological polar surface area (TPSA) is 477 Å². The molecule has 29 heteroatoms. The summed E-state index contributed by atoms with van der Waals surface area (Å²) in [5.74, 6) is -12.3. The number of carboxylic acid groups (broad SMARTS) is 1. The minimum atomic E-state index is -1.76. The van der Waals surface area contributed by atoms with Crippen LogP contribution in [0.4, 0.5) is 4.79 Å². The van der Waals surface area contributed by atoms with Gasteiger partial charge in [-0.3, -0.25) is 43.8 Å². The first-order chi connectivity index (χ1) is 38.2. The van der Waals surface area contributed by atoms with Gasteiger partial charge in [-0.15, -0.1) is 0 Å². The van der Waals surface area contributed by atoms with Gasteiger partial charge in [-0.1, -0.05) is 109 Å². The number of ether oxygens (including phenoxy) is 1. The molecule has 0 aliphatic carbocycles. The van der Waals surface area contributed by atoms with E-state index in [4.69, 9.17) is 26.7 Å². The van der Waals surface area contributed by atoms with E-state index in [1.807, 2.05) is 5.32 Å². The Balaban J connectivity index is 2.39. The number of rotatable bonds is 34. The van der Waals surface area contributed by atoms with Crippen LogP contribution in [0.5, 0.6) is 0 Å². The highest BCUT2D eigenvalue weighted by Crippen LogP contribution is 2.18. The van der Waals surface area contributed by atoms with E-state index in [0.717, 1.165) is 6.92 Å². The standard InChI is InChI=1S/C52H81N13O16/c1-8-28(6)38(47(75)63-39(29(7)68)45(73)57-22-35(69)58-33(23-66)44(72)60-34(24-67)50(78)79)62-43(71)32(20-15-21-56-51(54)55)59-46(74)37(26(2)3)61-49(77)41(42(70)27(4)5)64-48(76)40(36(53)31-18-13-10-14-19-31)65-52(80)81-25-30-16-11-9-12-17-30/h9-14,16-19,26-29,32-34,36-42,66-68,70H,8,15,20-25,53H2,1-7H3,(H,57,73)(H,58,69)(H,59,74)(H,60,72)(H,61,77)(H,62,71)(H,63,75)(H,64,76)(H,65,80)(H,78,79)(H4,54,55,56)/t28-,29-,32+,33-,34-,36+,37-,38-,39-,40-,41?,42+/m0/s1. The van der Waals surface area contributed by atoms with Crippen molar-refractivity contribution in [2.24, 2.45) is 29.2 Å². The van der Waals surface area contributed by atoms with E-state index in [1.54, 1.807) is 102 Å². The second-order valence-electron chi connectivity index (χ2n) is 19.8. The van der Waals surface area contributed by atoms with Gasteiger partial charge in [-0.25, -0.2) is 9.59 Å². The number of alkyl carbamates (subject to hydrolysis) is 1. The highest BCUT2D eigenvalue weighted by Gasteiger charge is 2.40. The number of aliphatic hydroxyl groups is 4. The Labute approximate surface area is 469 Å². The molecule has 450 valence electrons. The molecule has 0 aliphatic rings. The van der Waals surface area contributed by atoms with E-state index in [9.17, 15) is 68.4 Å². The molecule has 0 saturated heterocycles. The Morgan fingerprint density at radius 2 is 1.09 bits per heavy atom. The molecule has 2 aromatic rings. The predicted octanol–water partition coefficient (Wildman–Crippen LogP) is -4.08. The molecule has 20 N–H and O–H groups in total. The summed E-state index contributed by atoms with van der Waals surface area (Å²) in [5, 5.41) is 81.3. The fourth-order valence-electron chi connectivity index (χ4n) is 7.63. The van der Waals surface area contributed by atoms with Crippen LogP contribution < -0.4 is 64.6 Å². The number of guanidine groups is 1. The van der Waals surface area contributed by atoms with E-state index in [0.29, 0.717) is 11.1 Å². The Bertz CT molecular complexity index is 2420. The van der Waals surface area contributed by atoms with Gasteiger partial charge in [-0.05, 0) is 48.6 Å². The number of nitrogens with one attached hydrogen (secondary N) is 11. The van der Waals surface area contributed by atoms with Crippen LogP contribution in [0.2, 0.25) is 0 Å². The molecule has 0 bridgehead atoms. The van der Waals surface area contributed by atoms with Crippen molar-refractivity contribution in [3.05, 3.63) is 71.8 Å². The Morgan fingerprint density at radius 3 is 1.62 bits per heavy atom. The zero-order chi connectivity index (χ0) is 61.1. The van der Waals surface area contributed by atoms with Crippen molar-refractivity contribution < 1.29 is 78.2 Å². The van der Waals surface area contributed by atoms with E-state index in [2.05, 4.69) is 47.9 Å². The quantitative estimate of drug-likeness (QED) is 0.0180. The van der Waals surface area contributed by atoms with E-state index < -0.39 is 169 Å². The van der Waals surface area contributed by atoms with Crippen molar-refractivity contribution >= 4 is 65.3 Å². The molecule has 0 saturated carbocycles. The van der Waals surface area contributed by atoms with Crippen LogP contribution in [0.15, 0.2) is 60.7 Å². The van der Waals surface area contributed by atoms with Crippen molar-refractivity contribution in [3.8, 4) is 0 Å². The molecule has 2 rings (SSSR count). The molecule has 0 aromatic heterocycles. The summed E-state index contributed by atoms with van der Waals surface area (Å²) in [7, 11) is 0. The molecule has 0 fully saturated rings. The number of nitrogens with two attached hydrogens (primary N) is 2. The summed E-state index contributed by atoms with van der Waals surface area (Å²) < 4.78 is 5.37. The molecule has 0 heterocycles. The van der Waals surface area contributed by atoms with E-state index >= 15 is 0 Å². The highest BCUT2D eigenvalue weighted by molar-refractivity contribution is 5.98. The fraction of sp³-hybridized carbons (Fsp3) is 0.558. The third-order valence-electron chi connectivity index (χ3n) is 12.7. The smallest absolute Gasteiger partial charge is 0.408 e. The number of hydrogen-bond donors (Lipinski definition) is 18. The summed E-state index contributed by atoms with van der Waals surface area (Å²) in [6.07, 6.45) is -4.03. The van der Waals surface area contributed by atoms with Crippen molar-refractivity contribution in [1.82, 2.24) is 53.2 Å². The summed E-state index contributed by atoms with van der Waals surface area (Å²) in [6, 6.07) is 2.82. The summed E-state index contributed by atoms with van der Waals surface area (Å²) in [4.78, 5) is 134. The third-order valence-corrected chi connectivity index (χ3v) is 12.7. The summed E-state index contributed by atoms with van der Waals surface area (Å²) >= 11 is 0. The number of aliphatic hydroxyl groups excluding tert-OH is 4. The minimum Gasteiger partial charge on any atom is -0.480 e. The van der Waals surface area contributed by atoms with Gasteiger partial charge in [-0.2, -0.15) is 0 Å². The minimum absolute atomic E-state index is 0.0452. The maximum Gasteiger partial charge on any atom is 0.408 e. The van der Waals surface area contributed by atoms with Crippen LogP contribution in [0, 0.1) is 23.2 Å². The van der Waals surface area contributed by atoms with Gasteiger partial charge in [0.2, 0.25) is 47.3 Å². The average Bonchev–Trinajstić information content (AvgIpc) is 3.43. The molecule has 81 heavy (non-hydrogen) atoms. The molecule has 0 spiro atoms. The normalized spacial score (nSPS) is 15.6. The van der Waals surface area contributed by atoms with Crippen LogP contribution in [0.3, 0.4) is 0 Å². The zero-order valence-electron chi connectivity index (χ0n) is 46.4. The maximum absolute atomic E-state index is 14.3. The zero-order valence-corrected chi connectivity index (χ0v) is 46.4. The molecule has 2 aromatic carbocycles. The maximum atomic E-state index is 14.3. The summed E-state index contributed by atoms with van der Waals surface area (Å²) in [5.41, 5.74) is 13.1.